The van der Waals surface area contributed by atoms with E-state index in [1.807, 2.05) is 20.8 Å². The highest BCUT2D eigenvalue weighted by molar-refractivity contribution is 5.65. The van der Waals surface area contributed by atoms with Crippen molar-refractivity contribution >= 4 is 11.9 Å². The first-order valence-electron chi connectivity index (χ1n) is 6.81. The fourth-order valence-electron chi connectivity index (χ4n) is 2.60. The summed E-state index contributed by atoms with van der Waals surface area (Å²) >= 11 is 0. The maximum atomic E-state index is 10.9. The predicted molar refractivity (Wildman–Crippen MR) is 73.6 cm³/mol. The number of aryl methyl sites for hydroxylation is 3. The Kier molecular flexibility index (Phi) is 3.15. The highest BCUT2D eigenvalue weighted by Gasteiger charge is 2.28. The molecule has 0 radical (unpaired) electrons. The van der Waals surface area contributed by atoms with Crippen LogP contribution in [0, 0.1) is 20.8 Å². The van der Waals surface area contributed by atoms with Gasteiger partial charge in [-0.2, -0.15) is 9.50 Å². The summed E-state index contributed by atoms with van der Waals surface area (Å²) in [7, 11) is 0. The lowest BCUT2D eigenvalue weighted by Crippen LogP contribution is -2.29. The van der Waals surface area contributed by atoms with Gasteiger partial charge in [0.15, 0.2) is 5.75 Å². The summed E-state index contributed by atoms with van der Waals surface area (Å²) in [6, 6.07) is 0. The molecule has 8 nitrogen and oxygen atoms in total. The topological polar surface area (TPSA) is 92.9 Å². The first kappa shape index (κ1) is 13.6. The fourth-order valence-corrected chi connectivity index (χ4v) is 2.60. The van der Waals surface area contributed by atoms with E-state index in [4.69, 9.17) is 9.84 Å². The number of amides is 1. The molecular weight excluding hydrogens is 274 g/mol. The molecule has 1 saturated heterocycles. The van der Waals surface area contributed by atoms with Crippen molar-refractivity contribution in [1.29, 1.82) is 0 Å². The molecule has 0 saturated carbocycles. The van der Waals surface area contributed by atoms with E-state index in [1.165, 1.54) is 4.90 Å². The third-order valence-electron chi connectivity index (χ3n) is 3.64. The Bertz CT molecular complexity index is 711. The van der Waals surface area contributed by atoms with Gasteiger partial charge in [0, 0.05) is 13.0 Å². The van der Waals surface area contributed by atoms with E-state index in [-0.39, 0.29) is 6.10 Å². The molecule has 0 aromatic carbocycles. The maximum absolute atomic E-state index is 10.9. The minimum absolute atomic E-state index is 0.151. The lowest BCUT2D eigenvalue weighted by Gasteiger charge is -2.17. The van der Waals surface area contributed by atoms with Crippen LogP contribution in [0.25, 0.3) is 5.78 Å². The Balaban J connectivity index is 1.89. The van der Waals surface area contributed by atoms with Crippen molar-refractivity contribution in [2.75, 3.05) is 13.1 Å². The fraction of sp³-hybridized carbons (Fsp3) is 0.538. The molecule has 8 heteroatoms. The Morgan fingerprint density at radius 3 is 2.76 bits per heavy atom. The third kappa shape index (κ3) is 2.37. The van der Waals surface area contributed by atoms with E-state index in [1.54, 1.807) is 4.52 Å². The van der Waals surface area contributed by atoms with Crippen LogP contribution >= 0.6 is 0 Å². The van der Waals surface area contributed by atoms with Crippen molar-refractivity contribution in [3.8, 4) is 5.75 Å². The summed E-state index contributed by atoms with van der Waals surface area (Å²) in [6.07, 6.45) is -0.378. The number of carbonyl (C=O) groups is 1. The van der Waals surface area contributed by atoms with Gasteiger partial charge in [0.05, 0.1) is 17.9 Å². The largest absolute Gasteiger partial charge is 0.485 e. The molecule has 1 fully saturated rings. The number of hydrogen-bond donors (Lipinski definition) is 1. The van der Waals surface area contributed by atoms with Crippen molar-refractivity contribution in [2.24, 2.45) is 0 Å². The number of aromatic nitrogens is 4. The monoisotopic (exact) mass is 291 g/mol. The summed E-state index contributed by atoms with van der Waals surface area (Å²) in [6.45, 7) is 6.44. The zero-order chi connectivity index (χ0) is 15.1. The summed E-state index contributed by atoms with van der Waals surface area (Å²) in [4.78, 5) is 20.9. The Morgan fingerprint density at radius 2 is 2.10 bits per heavy atom. The molecule has 112 valence electrons. The van der Waals surface area contributed by atoms with E-state index in [9.17, 15) is 4.79 Å². The lowest BCUT2D eigenvalue weighted by molar-refractivity contribution is 0.145. The van der Waals surface area contributed by atoms with Crippen LogP contribution < -0.4 is 4.74 Å². The number of nitrogens with zero attached hydrogens (tertiary/aromatic N) is 5. The molecule has 21 heavy (non-hydrogen) atoms. The Labute approximate surface area is 121 Å². The second kappa shape index (κ2) is 4.87. The van der Waals surface area contributed by atoms with Crippen LogP contribution in [-0.4, -0.2) is 54.9 Å². The van der Waals surface area contributed by atoms with Crippen LogP contribution in [0.2, 0.25) is 0 Å². The van der Waals surface area contributed by atoms with Gasteiger partial charge in [-0.1, -0.05) is 0 Å². The summed E-state index contributed by atoms with van der Waals surface area (Å²) in [5.41, 5.74) is 1.56. The van der Waals surface area contributed by atoms with E-state index in [0.717, 1.165) is 11.4 Å². The van der Waals surface area contributed by atoms with Crippen molar-refractivity contribution in [3.63, 3.8) is 0 Å². The molecule has 1 amide bonds. The SMILES string of the molecule is Cc1nc2nc(C)c(OC3CCN(C(=O)O)C3)c(C)n2n1. The first-order chi connectivity index (χ1) is 9.95. The van der Waals surface area contributed by atoms with Crippen LogP contribution in [0.15, 0.2) is 0 Å². The summed E-state index contributed by atoms with van der Waals surface area (Å²) in [5, 5.41) is 13.3. The van der Waals surface area contributed by atoms with Gasteiger partial charge in [-0.15, -0.1) is 5.10 Å². The zero-order valence-electron chi connectivity index (χ0n) is 12.2. The molecule has 1 aliphatic heterocycles. The Morgan fingerprint density at radius 1 is 1.33 bits per heavy atom. The number of hydrogen-bond acceptors (Lipinski definition) is 5. The van der Waals surface area contributed by atoms with Gasteiger partial charge >= 0.3 is 6.09 Å². The van der Waals surface area contributed by atoms with E-state index < -0.39 is 6.09 Å². The smallest absolute Gasteiger partial charge is 0.407 e. The number of likely N-dealkylation sites (tertiary alicyclic amines) is 1. The predicted octanol–water partition coefficient (Wildman–Crippen LogP) is 1.18. The summed E-state index contributed by atoms with van der Waals surface area (Å²) in [5.74, 6) is 1.86. The molecule has 0 aliphatic carbocycles. The zero-order valence-corrected chi connectivity index (χ0v) is 12.2. The third-order valence-corrected chi connectivity index (χ3v) is 3.64. The second-order valence-electron chi connectivity index (χ2n) is 5.24. The van der Waals surface area contributed by atoms with Gasteiger partial charge in [-0.05, 0) is 20.8 Å². The minimum atomic E-state index is -0.907. The van der Waals surface area contributed by atoms with Crippen LogP contribution in [0.1, 0.15) is 23.6 Å². The maximum Gasteiger partial charge on any atom is 0.407 e. The first-order valence-corrected chi connectivity index (χ1v) is 6.81. The minimum Gasteiger partial charge on any atom is -0.485 e. The number of rotatable bonds is 2. The van der Waals surface area contributed by atoms with Crippen molar-refractivity contribution in [1.82, 2.24) is 24.5 Å². The quantitative estimate of drug-likeness (QED) is 0.893. The molecule has 0 spiro atoms. The molecule has 1 unspecified atom stereocenters. The molecule has 0 bridgehead atoms. The number of ether oxygens (including phenoxy) is 1. The van der Waals surface area contributed by atoms with Gasteiger partial charge in [0.25, 0.3) is 5.78 Å². The van der Waals surface area contributed by atoms with Gasteiger partial charge in [-0.25, -0.2) is 9.78 Å². The molecule has 2 aromatic rings. The second-order valence-corrected chi connectivity index (χ2v) is 5.24. The lowest BCUT2D eigenvalue weighted by atomic mass is 10.3. The molecule has 3 rings (SSSR count). The van der Waals surface area contributed by atoms with Crippen LogP contribution in [0.5, 0.6) is 5.75 Å². The highest BCUT2D eigenvalue weighted by atomic mass is 16.5. The average Bonchev–Trinajstić information content (AvgIpc) is 3.01. The molecule has 2 aromatic heterocycles. The highest BCUT2D eigenvalue weighted by Crippen LogP contribution is 2.25. The number of fused-ring (bicyclic) bond motifs is 1. The van der Waals surface area contributed by atoms with Crippen molar-refractivity contribution in [2.45, 2.75) is 33.3 Å². The van der Waals surface area contributed by atoms with Crippen LogP contribution in [0.4, 0.5) is 4.79 Å². The van der Waals surface area contributed by atoms with Crippen LogP contribution in [-0.2, 0) is 0 Å². The molecule has 3 heterocycles. The average molecular weight is 291 g/mol. The molecule has 1 atom stereocenters. The van der Waals surface area contributed by atoms with Crippen molar-refractivity contribution in [3.05, 3.63) is 17.2 Å². The van der Waals surface area contributed by atoms with Gasteiger partial charge < -0.3 is 14.7 Å². The van der Waals surface area contributed by atoms with E-state index in [0.29, 0.717) is 36.9 Å². The van der Waals surface area contributed by atoms with E-state index in [2.05, 4.69) is 15.1 Å². The molecule has 1 N–H and O–H groups in total. The van der Waals surface area contributed by atoms with Gasteiger partial charge in [-0.3, -0.25) is 0 Å². The number of carboxylic acid groups (broad SMARTS) is 1. The van der Waals surface area contributed by atoms with E-state index >= 15 is 0 Å². The Hall–Kier alpha value is -2.38. The molecule has 1 aliphatic rings. The van der Waals surface area contributed by atoms with Crippen LogP contribution in [0.3, 0.4) is 0 Å². The summed E-state index contributed by atoms with van der Waals surface area (Å²) < 4.78 is 7.63. The standard InChI is InChI=1S/C13H17N5O3/c1-7-11(21-10-4-5-17(6-10)13(19)20)8(2)18-12(14-7)15-9(3)16-18/h10H,4-6H2,1-3H3,(H,19,20). The normalized spacial score (nSPS) is 18.4. The molecular formula is C13H17N5O3. The van der Waals surface area contributed by atoms with Gasteiger partial charge in [0.2, 0.25) is 0 Å². The van der Waals surface area contributed by atoms with Gasteiger partial charge in [0.1, 0.15) is 11.9 Å². The van der Waals surface area contributed by atoms with Crippen molar-refractivity contribution < 1.29 is 14.6 Å².